The van der Waals surface area contributed by atoms with E-state index in [0.717, 1.165) is 12.2 Å². The Labute approximate surface area is 126 Å². The van der Waals surface area contributed by atoms with Gasteiger partial charge in [-0.15, -0.1) is 0 Å². The largest absolute Gasteiger partial charge is 0.388 e. The molecule has 0 aromatic heterocycles. The molecule has 0 aliphatic heterocycles. The van der Waals surface area contributed by atoms with E-state index in [-0.39, 0.29) is 10.8 Å². The monoisotopic (exact) mass is 275 g/mol. The molecule has 1 heteroatoms. The van der Waals surface area contributed by atoms with Gasteiger partial charge in [-0.3, -0.25) is 0 Å². The quantitative estimate of drug-likeness (QED) is 0.720. The van der Waals surface area contributed by atoms with Gasteiger partial charge in [0.15, 0.2) is 0 Å². The summed E-state index contributed by atoms with van der Waals surface area (Å²) in [4.78, 5) is 0. The molecule has 114 valence electrons. The molecule has 1 aliphatic carbocycles. The van der Waals surface area contributed by atoms with Crippen molar-refractivity contribution in [3.05, 3.63) is 36.1 Å². The maximum atomic E-state index is 4.17. The van der Waals surface area contributed by atoms with Crippen LogP contribution in [0.4, 0.5) is 0 Å². The van der Waals surface area contributed by atoms with Gasteiger partial charge >= 0.3 is 0 Å². The zero-order valence-electron chi connectivity index (χ0n) is 14.3. The van der Waals surface area contributed by atoms with E-state index < -0.39 is 0 Å². The summed E-state index contributed by atoms with van der Waals surface area (Å²) >= 11 is 0. The van der Waals surface area contributed by atoms with Crippen molar-refractivity contribution < 1.29 is 0 Å². The highest BCUT2D eigenvalue weighted by Gasteiger charge is 2.20. The van der Waals surface area contributed by atoms with Crippen LogP contribution in [-0.2, 0) is 0 Å². The standard InChI is InChI=1S/C19H33N/c1-15(18(2,3)4)20-14-16-10-8-9-11-17(13-12-16)19(5,6)7/h8-9,11,16,20H,1,10,12-14H2,2-7H3/b9-8-,17-11+. The van der Waals surface area contributed by atoms with E-state index in [1.54, 1.807) is 5.57 Å². The lowest BCUT2D eigenvalue weighted by Crippen LogP contribution is -2.28. The van der Waals surface area contributed by atoms with Crippen molar-refractivity contribution in [3.63, 3.8) is 0 Å². The van der Waals surface area contributed by atoms with E-state index in [2.05, 4.69) is 71.7 Å². The van der Waals surface area contributed by atoms with Crippen LogP contribution in [0.15, 0.2) is 36.1 Å². The zero-order valence-corrected chi connectivity index (χ0v) is 14.3. The molecule has 1 unspecified atom stereocenters. The Morgan fingerprint density at radius 1 is 1.25 bits per heavy atom. The smallest absolute Gasteiger partial charge is 0.0175 e. The van der Waals surface area contributed by atoms with Crippen LogP contribution in [0, 0.1) is 16.7 Å². The summed E-state index contributed by atoms with van der Waals surface area (Å²) in [5, 5.41) is 3.55. The van der Waals surface area contributed by atoms with Gasteiger partial charge in [0.2, 0.25) is 0 Å². The molecule has 0 heterocycles. The zero-order chi connectivity index (χ0) is 15.4. The van der Waals surface area contributed by atoms with Crippen LogP contribution in [-0.4, -0.2) is 6.54 Å². The lowest BCUT2D eigenvalue weighted by atomic mass is 9.80. The molecule has 0 saturated heterocycles. The lowest BCUT2D eigenvalue weighted by molar-refractivity contribution is 0.398. The highest BCUT2D eigenvalue weighted by Crippen LogP contribution is 2.32. The molecule has 1 nitrogen and oxygen atoms in total. The topological polar surface area (TPSA) is 12.0 Å². The van der Waals surface area contributed by atoms with E-state index in [1.807, 2.05) is 0 Å². The van der Waals surface area contributed by atoms with E-state index in [0.29, 0.717) is 5.92 Å². The summed E-state index contributed by atoms with van der Waals surface area (Å²) in [5.41, 5.74) is 3.14. The minimum absolute atomic E-state index is 0.147. The molecule has 0 bridgehead atoms. The predicted molar refractivity (Wildman–Crippen MR) is 90.6 cm³/mol. The van der Waals surface area contributed by atoms with Gasteiger partial charge in [0.1, 0.15) is 0 Å². The van der Waals surface area contributed by atoms with E-state index in [1.165, 1.54) is 19.3 Å². The second kappa shape index (κ2) is 6.65. The summed E-state index contributed by atoms with van der Waals surface area (Å²) in [7, 11) is 0. The fraction of sp³-hybridized carbons (Fsp3) is 0.684. The van der Waals surface area contributed by atoms with E-state index in [9.17, 15) is 0 Å². The Morgan fingerprint density at radius 2 is 1.90 bits per heavy atom. The van der Waals surface area contributed by atoms with Gasteiger partial charge in [-0.05, 0) is 30.6 Å². The van der Waals surface area contributed by atoms with Crippen LogP contribution >= 0.6 is 0 Å². The number of hydrogen-bond donors (Lipinski definition) is 1. The second-order valence-corrected chi connectivity index (χ2v) is 8.12. The Kier molecular flexibility index (Phi) is 5.68. The Morgan fingerprint density at radius 3 is 2.45 bits per heavy atom. The molecule has 0 fully saturated rings. The molecule has 1 N–H and O–H groups in total. The average Bonchev–Trinajstić information content (AvgIpc) is 2.24. The van der Waals surface area contributed by atoms with Crippen molar-refractivity contribution in [2.75, 3.05) is 6.54 Å². The van der Waals surface area contributed by atoms with Crippen molar-refractivity contribution in [1.29, 1.82) is 0 Å². The molecule has 0 spiro atoms. The molecule has 1 aliphatic rings. The number of rotatable bonds is 3. The van der Waals surface area contributed by atoms with Crippen molar-refractivity contribution in [1.82, 2.24) is 5.32 Å². The summed E-state index contributed by atoms with van der Waals surface area (Å²) in [6.07, 6.45) is 10.5. The first-order valence-corrected chi connectivity index (χ1v) is 7.90. The Hall–Kier alpha value is -0.980. The summed E-state index contributed by atoms with van der Waals surface area (Å²) in [6.45, 7) is 18.8. The average molecular weight is 275 g/mol. The highest BCUT2D eigenvalue weighted by atomic mass is 14.9. The normalized spacial score (nSPS) is 25.1. The Balaban J connectivity index is 2.55. The first kappa shape index (κ1) is 17.1. The lowest BCUT2D eigenvalue weighted by Gasteiger charge is -2.28. The maximum absolute atomic E-state index is 4.17. The molecule has 0 radical (unpaired) electrons. The molecule has 0 amide bonds. The molecular formula is C19H33N. The predicted octanol–water partition coefficient (Wildman–Crippen LogP) is 5.46. The number of allylic oxidation sites excluding steroid dienone is 5. The van der Waals surface area contributed by atoms with Gasteiger partial charge in [0.05, 0.1) is 0 Å². The molecule has 0 saturated carbocycles. The van der Waals surface area contributed by atoms with Gasteiger partial charge in [-0.1, -0.05) is 71.9 Å². The van der Waals surface area contributed by atoms with Crippen molar-refractivity contribution in [2.45, 2.75) is 60.8 Å². The summed E-state index contributed by atoms with van der Waals surface area (Å²) in [5.74, 6) is 0.705. The summed E-state index contributed by atoms with van der Waals surface area (Å²) in [6, 6.07) is 0. The third-order valence-electron chi connectivity index (χ3n) is 4.20. The van der Waals surface area contributed by atoms with Gasteiger partial charge < -0.3 is 5.32 Å². The molecule has 1 rings (SSSR count). The highest BCUT2D eigenvalue weighted by molar-refractivity contribution is 5.19. The molecule has 0 aromatic carbocycles. The summed E-state index contributed by atoms with van der Waals surface area (Å²) < 4.78 is 0. The third-order valence-corrected chi connectivity index (χ3v) is 4.20. The van der Waals surface area contributed by atoms with Gasteiger partial charge in [-0.25, -0.2) is 0 Å². The fourth-order valence-corrected chi connectivity index (χ4v) is 2.36. The van der Waals surface area contributed by atoms with Gasteiger partial charge in [0, 0.05) is 17.7 Å². The molecule has 20 heavy (non-hydrogen) atoms. The SMILES string of the molecule is C=C(NCC1C/C=C\C=C(\C(C)(C)C)CC1)C(C)(C)C. The first-order valence-electron chi connectivity index (χ1n) is 7.90. The maximum Gasteiger partial charge on any atom is 0.0175 e. The minimum Gasteiger partial charge on any atom is -0.388 e. The van der Waals surface area contributed by atoms with Crippen LogP contribution in [0.3, 0.4) is 0 Å². The van der Waals surface area contributed by atoms with Crippen LogP contribution < -0.4 is 5.32 Å². The fourth-order valence-electron chi connectivity index (χ4n) is 2.36. The second-order valence-electron chi connectivity index (χ2n) is 8.12. The van der Waals surface area contributed by atoms with Crippen LogP contribution in [0.1, 0.15) is 60.8 Å². The number of hydrogen-bond acceptors (Lipinski definition) is 1. The van der Waals surface area contributed by atoms with Crippen LogP contribution in [0.2, 0.25) is 0 Å². The van der Waals surface area contributed by atoms with E-state index >= 15 is 0 Å². The van der Waals surface area contributed by atoms with Crippen molar-refractivity contribution in [3.8, 4) is 0 Å². The molecule has 1 atom stereocenters. The first-order chi connectivity index (χ1) is 9.10. The molecule has 0 aromatic rings. The molecular weight excluding hydrogens is 242 g/mol. The number of nitrogens with one attached hydrogen (secondary N) is 1. The van der Waals surface area contributed by atoms with Crippen LogP contribution in [0.25, 0.3) is 0 Å². The van der Waals surface area contributed by atoms with Crippen LogP contribution in [0.5, 0.6) is 0 Å². The minimum atomic E-state index is 0.147. The van der Waals surface area contributed by atoms with Crippen molar-refractivity contribution >= 4 is 0 Å². The van der Waals surface area contributed by atoms with Gasteiger partial charge in [-0.2, -0.15) is 0 Å². The van der Waals surface area contributed by atoms with Gasteiger partial charge in [0.25, 0.3) is 0 Å². The third kappa shape index (κ3) is 5.56. The van der Waals surface area contributed by atoms with E-state index in [4.69, 9.17) is 0 Å². The Bertz CT molecular complexity index is 383. The van der Waals surface area contributed by atoms with Crippen molar-refractivity contribution in [2.24, 2.45) is 16.7 Å².